The Kier molecular flexibility index (Phi) is 9.89. The molecule has 38 heavy (non-hydrogen) atoms. The van der Waals surface area contributed by atoms with Crippen LogP contribution in [0.2, 0.25) is 0 Å². The summed E-state index contributed by atoms with van der Waals surface area (Å²) in [5, 5.41) is 81.9. The molecule has 1 aliphatic carbocycles. The highest BCUT2D eigenvalue weighted by Crippen LogP contribution is 2.44. The number of aliphatic hydroxyl groups excluding tert-OH is 7. The van der Waals surface area contributed by atoms with Gasteiger partial charge in [0, 0.05) is 11.8 Å². The lowest BCUT2D eigenvalue weighted by molar-refractivity contribution is -0.369. The molecule has 13 heteroatoms. The summed E-state index contributed by atoms with van der Waals surface area (Å²) in [6, 6.07) is 0. The predicted octanol–water partition coefficient (Wildman–Crippen LogP) is -2.75. The summed E-state index contributed by atoms with van der Waals surface area (Å²) in [4.78, 5) is 12.0. The van der Waals surface area contributed by atoms with Gasteiger partial charge in [-0.2, -0.15) is 0 Å². The molecule has 2 fully saturated rings. The molecule has 0 unspecified atom stereocenters. The van der Waals surface area contributed by atoms with Crippen molar-refractivity contribution in [1.29, 1.82) is 0 Å². The van der Waals surface area contributed by atoms with Gasteiger partial charge in [-0.3, -0.25) is 4.79 Å². The van der Waals surface area contributed by atoms with Gasteiger partial charge in [-0.15, -0.1) is 0 Å². The Labute approximate surface area is 220 Å². The van der Waals surface area contributed by atoms with Crippen molar-refractivity contribution in [1.82, 2.24) is 0 Å². The molecular formula is C25H40O13. The predicted molar refractivity (Wildman–Crippen MR) is 128 cm³/mol. The summed E-state index contributed by atoms with van der Waals surface area (Å²) in [6.45, 7) is 5.39. The smallest absolute Gasteiger partial charge is 0.187 e. The average molecular weight is 549 g/mol. The minimum absolute atomic E-state index is 0.0961. The van der Waals surface area contributed by atoms with Crippen LogP contribution in [0.25, 0.3) is 0 Å². The molecule has 3 rings (SSSR count). The van der Waals surface area contributed by atoms with E-state index in [0.29, 0.717) is 5.57 Å². The summed E-state index contributed by atoms with van der Waals surface area (Å²) < 4.78 is 22.5. The largest absolute Gasteiger partial charge is 0.394 e. The third-order valence-corrected chi connectivity index (χ3v) is 7.55. The molecule has 0 aromatic rings. The first-order chi connectivity index (χ1) is 17.7. The van der Waals surface area contributed by atoms with Gasteiger partial charge in [0.1, 0.15) is 54.4 Å². The van der Waals surface area contributed by atoms with Crippen molar-refractivity contribution < 1.29 is 64.6 Å². The van der Waals surface area contributed by atoms with Crippen LogP contribution in [0.4, 0.5) is 0 Å². The van der Waals surface area contributed by atoms with Crippen molar-refractivity contribution in [3.8, 4) is 0 Å². The summed E-state index contributed by atoms with van der Waals surface area (Å²) >= 11 is 0. The van der Waals surface area contributed by atoms with Crippen LogP contribution >= 0.6 is 0 Å². The Bertz CT molecular complexity index is 888. The number of hydrogen-bond acceptors (Lipinski definition) is 13. The lowest BCUT2D eigenvalue weighted by atomic mass is 9.64. The maximum Gasteiger partial charge on any atom is 0.187 e. The highest BCUT2D eigenvalue weighted by Gasteiger charge is 2.51. The van der Waals surface area contributed by atoms with Crippen molar-refractivity contribution in [3.05, 3.63) is 23.8 Å². The quantitative estimate of drug-likeness (QED) is 0.145. The number of ether oxygens (including phenoxy) is 4. The number of ketones is 1. The second kappa shape index (κ2) is 12.0. The summed E-state index contributed by atoms with van der Waals surface area (Å²) in [7, 11) is 0. The van der Waals surface area contributed by atoms with Crippen LogP contribution in [0.3, 0.4) is 0 Å². The Hall–Kier alpha value is -1.33. The van der Waals surface area contributed by atoms with Gasteiger partial charge in [0.2, 0.25) is 0 Å². The van der Waals surface area contributed by atoms with Gasteiger partial charge in [0.15, 0.2) is 18.4 Å². The van der Waals surface area contributed by atoms with E-state index in [-0.39, 0.29) is 12.2 Å². The topological polar surface area (TPSA) is 216 Å². The van der Waals surface area contributed by atoms with Crippen LogP contribution in [-0.4, -0.2) is 133 Å². The maximum atomic E-state index is 12.0. The summed E-state index contributed by atoms with van der Waals surface area (Å²) in [6.07, 6.45) is -11.9. The lowest BCUT2D eigenvalue weighted by Crippen LogP contribution is -2.64. The molecule has 0 spiro atoms. The minimum atomic E-state index is -1.79. The van der Waals surface area contributed by atoms with E-state index in [0.717, 1.165) is 0 Å². The molecular weight excluding hydrogens is 508 g/mol. The fourth-order valence-corrected chi connectivity index (χ4v) is 5.04. The van der Waals surface area contributed by atoms with Gasteiger partial charge < -0.3 is 59.8 Å². The van der Waals surface area contributed by atoms with Gasteiger partial charge >= 0.3 is 0 Å². The zero-order valence-electron chi connectivity index (χ0n) is 21.8. The fraction of sp³-hybridized carbons (Fsp3) is 0.800. The van der Waals surface area contributed by atoms with E-state index in [1.807, 2.05) is 0 Å². The number of carbonyl (C=O) groups is 1. The third kappa shape index (κ3) is 6.04. The van der Waals surface area contributed by atoms with Crippen molar-refractivity contribution in [2.75, 3.05) is 13.2 Å². The molecule has 0 amide bonds. The van der Waals surface area contributed by atoms with Crippen molar-refractivity contribution in [2.45, 2.75) is 107 Å². The van der Waals surface area contributed by atoms with Crippen molar-refractivity contribution in [3.63, 3.8) is 0 Å². The SMILES string of the molecule is CC1=CC(=O)CC(C)(C)[C@]1(O)/C=C/[C@H](C)O[C@H]1O[C@@H](CO)[C@H](O)[C@@H](O)[C@@H]1O[C@@H]1O[C@H](CO)[C@H](O)[C@@H](O)[C@@H]1O. The molecule has 3 aliphatic rings. The average Bonchev–Trinajstić information content (AvgIpc) is 2.85. The number of hydrogen-bond donors (Lipinski definition) is 8. The molecule has 0 saturated carbocycles. The first-order valence-corrected chi connectivity index (χ1v) is 12.5. The molecule has 2 aliphatic heterocycles. The van der Waals surface area contributed by atoms with Crippen LogP contribution in [-0.2, 0) is 23.7 Å². The zero-order chi connectivity index (χ0) is 28.6. The normalized spacial score (nSPS) is 44.7. The van der Waals surface area contributed by atoms with E-state index < -0.39 is 91.7 Å². The molecule has 2 heterocycles. The molecule has 2 saturated heterocycles. The van der Waals surface area contributed by atoms with Crippen molar-refractivity contribution >= 4 is 5.78 Å². The van der Waals surface area contributed by atoms with Crippen LogP contribution in [0.5, 0.6) is 0 Å². The van der Waals surface area contributed by atoms with Gasteiger partial charge in [-0.25, -0.2) is 0 Å². The molecule has 12 atom stereocenters. The van der Waals surface area contributed by atoms with E-state index in [4.69, 9.17) is 18.9 Å². The highest BCUT2D eigenvalue weighted by molar-refractivity contribution is 5.92. The van der Waals surface area contributed by atoms with Crippen LogP contribution in [0.1, 0.15) is 34.1 Å². The van der Waals surface area contributed by atoms with Crippen LogP contribution in [0.15, 0.2) is 23.8 Å². The number of carbonyl (C=O) groups excluding carboxylic acids is 1. The minimum Gasteiger partial charge on any atom is -0.394 e. The highest BCUT2D eigenvalue weighted by atomic mass is 16.8. The molecule has 0 aromatic heterocycles. The first-order valence-electron chi connectivity index (χ1n) is 12.5. The summed E-state index contributed by atoms with van der Waals surface area (Å²) in [5.74, 6) is -0.0961. The molecule has 13 nitrogen and oxygen atoms in total. The molecule has 0 bridgehead atoms. The standard InChI is InChI=1S/C25H40O13/c1-11-7-13(28)8-24(3,4)25(11,34)6-5-12(2)35-23-21(19(32)17(30)15(10-27)37-23)38-22-20(33)18(31)16(29)14(9-26)36-22/h5-7,12,14-23,26-27,29-34H,8-10H2,1-4H3/b6-5+/t12-,14+,15-,16-,17-,18+,19+,20-,21-,22-,23-,25-/m0/s1. The van der Waals surface area contributed by atoms with E-state index >= 15 is 0 Å². The summed E-state index contributed by atoms with van der Waals surface area (Å²) in [5.41, 5.74) is -1.81. The third-order valence-electron chi connectivity index (χ3n) is 7.55. The van der Waals surface area contributed by atoms with Gasteiger partial charge in [-0.1, -0.05) is 19.9 Å². The number of allylic oxidation sites excluding steroid dienone is 1. The molecule has 218 valence electrons. The second-order valence-electron chi connectivity index (χ2n) is 10.8. The molecule has 0 radical (unpaired) electrons. The van der Waals surface area contributed by atoms with E-state index in [2.05, 4.69) is 0 Å². The number of aliphatic hydroxyl groups is 8. The van der Waals surface area contributed by atoms with Crippen LogP contribution < -0.4 is 0 Å². The monoisotopic (exact) mass is 548 g/mol. The second-order valence-corrected chi connectivity index (χ2v) is 10.8. The van der Waals surface area contributed by atoms with Gasteiger partial charge in [-0.05, 0) is 31.6 Å². The fourth-order valence-electron chi connectivity index (χ4n) is 5.04. The van der Waals surface area contributed by atoms with E-state index in [1.54, 1.807) is 27.7 Å². The van der Waals surface area contributed by atoms with E-state index in [1.165, 1.54) is 18.2 Å². The van der Waals surface area contributed by atoms with Gasteiger partial charge in [0.25, 0.3) is 0 Å². The molecule has 8 N–H and O–H groups in total. The Morgan fingerprint density at radius 1 is 0.974 bits per heavy atom. The van der Waals surface area contributed by atoms with Crippen LogP contribution in [0, 0.1) is 5.41 Å². The van der Waals surface area contributed by atoms with Gasteiger partial charge in [0.05, 0.1) is 19.3 Å². The Morgan fingerprint density at radius 3 is 2.08 bits per heavy atom. The Balaban J connectivity index is 1.81. The van der Waals surface area contributed by atoms with Crippen molar-refractivity contribution in [2.24, 2.45) is 5.41 Å². The zero-order valence-corrected chi connectivity index (χ0v) is 21.8. The lowest BCUT2D eigenvalue weighted by Gasteiger charge is -2.46. The maximum absolute atomic E-state index is 12.0. The van der Waals surface area contributed by atoms with E-state index in [9.17, 15) is 45.6 Å². The Morgan fingerprint density at radius 2 is 1.53 bits per heavy atom. The first kappa shape index (κ1) is 31.2. The molecule has 0 aromatic carbocycles. The number of rotatable bonds is 8.